The van der Waals surface area contributed by atoms with Crippen molar-refractivity contribution in [3.63, 3.8) is 0 Å². The average Bonchev–Trinajstić information content (AvgIpc) is 2.10. The number of aliphatic hydroxyl groups is 1. The normalized spacial score (nSPS) is 33.0. The van der Waals surface area contributed by atoms with Crippen LogP contribution in [0.25, 0.3) is 0 Å². The second-order valence-electron chi connectivity index (χ2n) is 2.18. The van der Waals surface area contributed by atoms with Crippen LogP contribution in [0, 0.1) is 0 Å². The third kappa shape index (κ3) is 1.59. The fourth-order valence-corrected chi connectivity index (χ4v) is 0.808. The SMILES string of the molecule is OCC1CC(F)(F)CO1. The van der Waals surface area contributed by atoms with Crippen LogP contribution in [0.1, 0.15) is 6.42 Å². The summed E-state index contributed by atoms with van der Waals surface area (Å²) >= 11 is 0. The third-order valence-corrected chi connectivity index (χ3v) is 1.26. The molecule has 0 saturated carbocycles. The molecule has 1 rings (SSSR count). The van der Waals surface area contributed by atoms with E-state index >= 15 is 0 Å². The molecule has 0 spiro atoms. The van der Waals surface area contributed by atoms with Gasteiger partial charge in [-0.3, -0.25) is 0 Å². The summed E-state index contributed by atoms with van der Waals surface area (Å²) in [5.41, 5.74) is 0. The van der Waals surface area contributed by atoms with E-state index in [4.69, 9.17) is 5.11 Å². The molecule has 1 saturated heterocycles. The predicted molar refractivity (Wildman–Crippen MR) is 26.4 cm³/mol. The van der Waals surface area contributed by atoms with E-state index in [1.807, 2.05) is 0 Å². The van der Waals surface area contributed by atoms with E-state index in [-0.39, 0.29) is 13.0 Å². The second-order valence-corrected chi connectivity index (χ2v) is 2.18. The highest BCUT2D eigenvalue weighted by Crippen LogP contribution is 2.28. The molecule has 54 valence electrons. The summed E-state index contributed by atoms with van der Waals surface area (Å²) in [6.07, 6.45) is -0.997. The van der Waals surface area contributed by atoms with Gasteiger partial charge in [-0.15, -0.1) is 0 Å². The molecule has 0 amide bonds. The predicted octanol–water partition coefficient (Wildman–Crippen LogP) is 0.403. The lowest BCUT2D eigenvalue weighted by molar-refractivity contribution is -0.0122. The number of halogens is 2. The van der Waals surface area contributed by atoms with Gasteiger partial charge in [-0.05, 0) is 0 Å². The Morgan fingerprint density at radius 1 is 1.67 bits per heavy atom. The molecule has 1 aliphatic heterocycles. The largest absolute Gasteiger partial charge is 0.394 e. The van der Waals surface area contributed by atoms with Crippen LogP contribution >= 0.6 is 0 Å². The van der Waals surface area contributed by atoms with Gasteiger partial charge < -0.3 is 9.84 Å². The number of alkyl halides is 2. The highest BCUT2D eigenvalue weighted by Gasteiger charge is 2.40. The van der Waals surface area contributed by atoms with E-state index in [1.165, 1.54) is 0 Å². The van der Waals surface area contributed by atoms with Gasteiger partial charge in [-0.25, -0.2) is 8.78 Å². The standard InChI is InChI=1S/C5H8F2O2/c6-5(7)1-4(2-8)9-3-5/h4,8H,1-3H2. The fourth-order valence-electron chi connectivity index (χ4n) is 0.808. The van der Waals surface area contributed by atoms with Crippen LogP contribution in [0.4, 0.5) is 8.78 Å². The molecule has 1 unspecified atom stereocenters. The van der Waals surface area contributed by atoms with E-state index in [2.05, 4.69) is 4.74 Å². The number of rotatable bonds is 1. The first-order valence-corrected chi connectivity index (χ1v) is 2.74. The molecule has 0 aromatic rings. The summed E-state index contributed by atoms with van der Waals surface area (Å²) in [7, 11) is 0. The summed E-state index contributed by atoms with van der Waals surface area (Å²) < 4.78 is 28.8. The van der Waals surface area contributed by atoms with Crippen molar-refractivity contribution in [3.05, 3.63) is 0 Å². The van der Waals surface area contributed by atoms with E-state index in [9.17, 15) is 8.78 Å². The lowest BCUT2D eigenvalue weighted by Crippen LogP contribution is -2.16. The summed E-state index contributed by atoms with van der Waals surface area (Å²) in [4.78, 5) is 0. The van der Waals surface area contributed by atoms with Crippen molar-refractivity contribution in [2.75, 3.05) is 13.2 Å². The lowest BCUT2D eigenvalue weighted by Gasteiger charge is -2.03. The van der Waals surface area contributed by atoms with Crippen molar-refractivity contribution in [2.24, 2.45) is 0 Å². The maximum absolute atomic E-state index is 12.1. The molecule has 4 heteroatoms. The Morgan fingerprint density at radius 3 is 2.56 bits per heavy atom. The first kappa shape index (κ1) is 6.89. The molecule has 1 aliphatic rings. The molecule has 1 heterocycles. The van der Waals surface area contributed by atoms with Crippen molar-refractivity contribution < 1.29 is 18.6 Å². The van der Waals surface area contributed by atoms with E-state index in [0.29, 0.717) is 0 Å². The number of hydrogen-bond donors (Lipinski definition) is 1. The van der Waals surface area contributed by atoms with Gasteiger partial charge in [-0.2, -0.15) is 0 Å². The maximum Gasteiger partial charge on any atom is 0.273 e. The Hall–Kier alpha value is -0.220. The number of hydrogen-bond acceptors (Lipinski definition) is 2. The molecule has 0 aromatic carbocycles. The van der Waals surface area contributed by atoms with E-state index < -0.39 is 18.6 Å². The molecule has 0 radical (unpaired) electrons. The van der Waals surface area contributed by atoms with Crippen LogP contribution in [0.2, 0.25) is 0 Å². The minimum absolute atomic E-state index is 0.310. The first-order chi connectivity index (χ1) is 4.14. The molecule has 1 N–H and O–H groups in total. The molecule has 2 nitrogen and oxygen atoms in total. The average molecular weight is 138 g/mol. The van der Waals surface area contributed by atoms with Crippen LogP contribution in [0.15, 0.2) is 0 Å². The van der Waals surface area contributed by atoms with E-state index in [1.54, 1.807) is 0 Å². The Balaban J connectivity index is 2.38. The van der Waals surface area contributed by atoms with Crippen molar-refractivity contribution in [1.29, 1.82) is 0 Å². The Bertz CT molecular complexity index is 105. The minimum atomic E-state index is -2.71. The van der Waals surface area contributed by atoms with Crippen molar-refractivity contribution in [2.45, 2.75) is 18.4 Å². The van der Waals surface area contributed by atoms with E-state index in [0.717, 1.165) is 0 Å². The zero-order valence-electron chi connectivity index (χ0n) is 4.81. The Labute approximate surface area is 51.4 Å². The van der Waals surface area contributed by atoms with Gasteiger partial charge in [0.15, 0.2) is 0 Å². The first-order valence-electron chi connectivity index (χ1n) is 2.74. The van der Waals surface area contributed by atoms with Crippen LogP contribution in [0.3, 0.4) is 0 Å². The molecule has 9 heavy (non-hydrogen) atoms. The van der Waals surface area contributed by atoms with Gasteiger partial charge in [0.1, 0.15) is 6.61 Å². The molecular formula is C5H8F2O2. The smallest absolute Gasteiger partial charge is 0.273 e. The third-order valence-electron chi connectivity index (χ3n) is 1.26. The van der Waals surface area contributed by atoms with Gasteiger partial charge in [0.05, 0.1) is 12.7 Å². The topological polar surface area (TPSA) is 29.5 Å². The lowest BCUT2D eigenvalue weighted by atomic mass is 10.2. The second kappa shape index (κ2) is 2.19. The zero-order chi connectivity index (χ0) is 6.91. The number of aliphatic hydroxyl groups excluding tert-OH is 1. The monoisotopic (exact) mass is 138 g/mol. The molecular weight excluding hydrogens is 130 g/mol. The summed E-state index contributed by atoms with van der Waals surface area (Å²) in [6.45, 7) is -0.853. The van der Waals surface area contributed by atoms with Gasteiger partial charge in [0, 0.05) is 6.42 Å². The molecule has 0 bridgehead atoms. The number of ether oxygens (including phenoxy) is 1. The summed E-state index contributed by atoms with van der Waals surface area (Å²) in [5.74, 6) is -2.71. The Morgan fingerprint density at radius 2 is 2.33 bits per heavy atom. The van der Waals surface area contributed by atoms with Gasteiger partial charge >= 0.3 is 0 Å². The van der Waals surface area contributed by atoms with Crippen LogP contribution < -0.4 is 0 Å². The highest BCUT2D eigenvalue weighted by molar-refractivity contribution is 4.78. The Kier molecular flexibility index (Phi) is 1.68. The zero-order valence-corrected chi connectivity index (χ0v) is 4.81. The summed E-state index contributed by atoms with van der Waals surface area (Å²) in [5, 5.41) is 8.34. The fraction of sp³-hybridized carbons (Fsp3) is 1.00. The highest BCUT2D eigenvalue weighted by atomic mass is 19.3. The van der Waals surface area contributed by atoms with Crippen LogP contribution in [0.5, 0.6) is 0 Å². The molecule has 0 aliphatic carbocycles. The molecule has 1 fully saturated rings. The van der Waals surface area contributed by atoms with Gasteiger partial charge in [0.25, 0.3) is 5.92 Å². The van der Waals surface area contributed by atoms with Crippen molar-refractivity contribution in [3.8, 4) is 0 Å². The minimum Gasteiger partial charge on any atom is -0.394 e. The molecule has 1 atom stereocenters. The quantitative estimate of drug-likeness (QED) is 0.568. The van der Waals surface area contributed by atoms with Crippen LogP contribution in [-0.2, 0) is 4.74 Å². The van der Waals surface area contributed by atoms with Crippen molar-refractivity contribution >= 4 is 0 Å². The molecule has 0 aromatic heterocycles. The van der Waals surface area contributed by atoms with Crippen molar-refractivity contribution in [1.82, 2.24) is 0 Å². The maximum atomic E-state index is 12.1. The summed E-state index contributed by atoms with van der Waals surface area (Å²) in [6, 6.07) is 0. The van der Waals surface area contributed by atoms with Crippen LogP contribution in [-0.4, -0.2) is 30.3 Å². The van der Waals surface area contributed by atoms with Gasteiger partial charge in [-0.1, -0.05) is 0 Å². The van der Waals surface area contributed by atoms with Gasteiger partial charge in [0.2, 0.25) is 0 Å².